The number of hydrazone groups is 1. The Labute approximate surface area is 189 Å². The van der Waals surface area contributed by atoms with Crippen molar-refractivity contribution in [2.75, 3.05) is 12.4 Å². The summed E-state index contributed by atoms with van der Waals surface area (Å²) in [5.41, 5.74) is 7.18. The Bertz CT molecular complexity index is 1300. The molecule has 0 spiro atoms. The van der Waals surface area contributed by atoms with Gasteiger partial charge in [0.15, 0.2) is 0 Å². The van der Waals surface area contributed by atoms with E-state index < -0.39 is 0 Å². The van der Waals surface area contributed by atoms with Gasteiger partial charge in [-0.1, -0.05) is 55.1 Å². The van der Waals surface area contributed by atoms with Gasteiger partial charge in [0.2, 0.25) is 6.41 Å². The summed E-state index contributed by atoms with van der Waals surface area (Å²) in [6.45, 7) is 4.24. The van der Waals surface area contributed by atoms with Crippen molar-refractivity contribution in [3.05, 3.63) is 88.4 Å². The summed E-state index contributed by atoms with van der Waals surface area (Å²) in [7, 11) is 1.83. The van der Waals surface area contributed by atoms with Crippen molar-refractivity contribution in [1.82, 2.24) is 20.6 Å². The Kier molecular flexibility index (Phi) is 6.52. The fraction of sp³-hybridized carbons (Fsp3) is 0.0833. The lowest BCUT2D eigenvalue weighted by Crippen LogP contribution is -2.01. The number of fused-ring (bicyclic) bond motifs is 1. The van der Waals surface area contributed by atoms with Crippen LogP contribution in [-0.2, 0) is 11.2 Å². The molecule has 0 fully saturated rings. The van der Waals surface area contributed by atoms with Crippen LogP contribution in [0.3, 0.4) is 0 Å². The molecule has 0 saturated carbocycles. The first-order valence-corrected chi connectivity index (χ1v) is 10.8. The van der Waals surface area contributed by atoms with Crippen LogP contribution in [0.15, 0.2) is 72.5 Å². The molecule has 0 radical (unpaired) electrons. The quantitative estimate of drug-likeness (QED) is 0.202. The Morgan fingerprint density at radius 3 is 2.84 bits per heavy atom. The van der Waals surface area contributed by atoms with Gasteiger partial charge >= 0.3 is 0 Å². The summed E-state index contributed by atoms with van der Waals surface area (Å²) >= 11 is 1.53. The SMILES string of the molecule is C=C(c1ccccc1)c1nc(NC)c(C(/C=N\NC=O)=C/Cc2cccc3[nH]ncc23)s1. The van der Waals surface area contributed by atoms with Gasteiger partial charge < -0.3 is 5.32 Å². The van der Waals surface area contributed by atoms with Crippen molar-refractivity contribution in [1.29, 1.82) is 0 Å². The van der Waals surface area contributed by atoms with Crippen LogP contribution >= 0.6 is 11.3 Å². The highest BCUT2D eigenvalue weighted by Gasteiger charge is 2.16. The van der Waals surface area contributed by atoms with Gasteiger partial charge in [0.05, 0.1) is 22.8 Å². The maximum Gasteiger partial charge on any atom is 0.227 e. The van der Waals surface area contributed by atoms with E-state index in [1.807, 2.05) is 55.7 Å². The van der Waals surface area contributed by atoms with E-state index in [4.69, 9.17) is 4.98 Å². The number of rotatable bonds is 9. The number of carbonyl (C=O) groups is 1. The number of amides is 1. The molecule has 2 aromatic heterocycles. The van der Waals surface area contributed by atoms with Crippen LogP contribution in [-0.4, -0.2) is 34.9 Å². The molecule has 4 aromatic rings. The standard InChI is InChI=1S/C24H22N6OS/c1-16(17-7-4-3-5-8-17)24-29-23(25-2)22(32-24)19(13-26-28-15-31)12-11-18-9-6-10-21-20(18)14-27-30-21/h3-10,12-15,25H,1,11H2,2H3,(H,27,30)(H,28,31)/b19-12+,26-13-. The van der Waals surface area contributed by atoms with Crippen LogP contribution in [0, 0.1) is 0 Å². The van der Waals surface area contributed by atoms with Crippen LogP contribution in [0.1, 0.15) is 21.0 Å². The van der Waals surface area contributed by atoms with E-state index >= 15 is 0 Å². The van der Waals surface area contributed by atoms with E-state index in [9.17, 15) is 4.79 Å². The lowest BCUT2D eigenvalue weighted by Gasteiger charge is -2.04. The van der Waals surface area contributed by atoms with Crippen LogP contribution in [0.5, 0.6) is 0 Å². The highest BCUT2D eigenvalue weighted by atomic mass is 32.1. The van der Waals surface area contributed by atoms with Crippen LogP contribution < -0.4 is 10.7 Å². The number of benzene rings is 2. The average molecular weight is 443 g/mol. The number of nitrogens with one attached hydrogen (secondary N) is 3. The predicted octanol–water partition coefficient (Wildman–Crippen LogP) is 4.48. The normalized spacial score (nSPS) is 11.7. The van der Waals surface area contributed by atoms with Gasteiger partial charge in [-0.2, -0.15) is 10.2 Å². The number of anilines is 1. The van der Waals surface area contributed by atoms with Crippen molar-refractivity contribution in [3.8, 4) is 0 Å². The summed E-state index contributed by atoms with van der Waals surface area (Å²) in [5.74, 6) is 0.729. The summed E-state index contributed by atoms with van der Waals surface area (Å²) in [6.07, 6.45) is 6.73. The average Bonchev–Trinajstić information content (AvgIpc) is 3.49. The first kappa shape index (κ1) is 21.2. The molecule has 0 unspecified atom stereocenters. The number of hydrogen-bond donors (Lipinski definition) is 3. The monoisotopic (exact) mass is 442 g/mol. The van der Waals surface area contributed by atoms with E-state index in [0.29, 0.717) is 12.8 Å². The van der Waals surface area contributed by atoms with Gasteiger partial charge in [0.25, 0.3) is 0 Å². The molecule has 0 aliphatic rings. The lowest BCUT2D eigenvalue weighted by molar-refractivity contribution is -0.109. The zero-order valence-corrected chi connectivity index (χ0v) is 18.3. The van der Waals surface area contributed by atoms with Crippen molar-refractivity contribution >= 4 is 51.8 Å². The number of allylic oxidation sites excluding steroid dienone is 2. The molecule has 3 N–H and O–H groups in total. The molecule has 0 aliphatic heterocycles. The van der Waals surface area contributed by atoms with Gasteiger partial charge in [0.1, 0.15) is 10.8 Å². The molecule has 4 rings (SSSR count). The first-order chi connectivity index (χ1) is 15.7. The van der Waals surface area contributed by atoms with E-state index in [0.717, 1.165) is 48.9 Å². The molecular formula is C24H22N6OS. The highest BCUT2D eigenvalue weighted by molar-refractivity contribution is 7.14. The molecule has 0 bridgehead atoms. The van der Waals surface area contributed by atoms with E-state index in [2.05, 4.69) is 44.8 Å². The largest absolute Gasteiger partial charge is 0.372 e. The fourth-order valence-corrected chi connectivity index (χ4v) is 4.42. The molecule has 1 amide bonds. The number of hydrogen-bond acceptors (Lipinski definition) is 6. The van der Waals surface area contributed by atoms with Crippen molar-refractivity contribution < 1.29 is 4.79 Å². The van der Waals surface area contributed by atoms with E-state index in [1.165, 1.54) is 11.3 Å². The highest BCUT2D eigenvalue weighted by Crippen LogP contribution is 2.35. The third-order valence-electron chi connectivity index (χ3n) is 4.95. The maximum atomic E-state index is 10.7. The van der Waals surface area contributed by atoms with E-state index in [1.54, 1.807) is 6.21 Å². The fourth-order valence-electron chi connectivity index (χ4n) is 3.35. The van der Waals surface area contributed by atoms with Crippen LogP contribution in [0.2, 0.25) is 0 Å². The molecular weight excluding hydrogens is 420 g/mol. The molecule has 0 aliphatic carbocycles. The second kappa shape index (κ2) is 9.84. The molecule has 8 heteroatoms. The zero-order chi connectivity index (χ0) is 22.3. The maximum absolute atomic E-state index is 10.7. The Balaban J connectivity index is 1.72. The molecule has 0 saturated heterocycles. The van der Waals surface area contributed by atoms with Gasteiger partial charge in [-0.15, -0.1) is 11.3 Å². The molecule has 2 heterocycles. The number of aromatic amines is 1. The Morgan fingerprint density at radius 1 is 1.22 bits per heavy atom. The van der Waals surface area contributed by atoms with Gasteiger partial charge in [-0.25, -0.2) is 10.4 Å². The van der Waals surface area contributed by atoms with Crippen LogP contribution in [0.25, 0.3) is 22.0 Å². The minimum atomic E-state index is 0.536. The summed E-state index contributed by atoms with van der Waals surface area (Å²) < 4.78 is 0. The van der Waals surface area contributed by atoms with Crippen molar-refractivity contribution in [2.24, 2.45) is 5.10 Å². The summed E-state index contributed by atoms with van der Waals surface area (Å²) in [4.78, 5) is 16.4. The number of H-pyrrole nitrogens is 1. The van der Waals surface area contributed by atoms with Gasteiger partial charge in [-0.05, 0) is 23.6 Å². The first-order valence-electron chi connectivity index (χ1n) is 9.98. The second-order valence-electron chi connectivity index (χ2n) is 6.91. The second-order valence-corrected chi connectivity index (χ2v) is 7.91. The molecule has 160 valence electrons. The molecule has 0 atom stereocenters. The molecule has 32 heavy (non-hydrogen) atoms. The third kappa shape index (κ3) is 4.50. The number of nitrogens with zero attached hydrogens (tertiary/aromatic N) is 3. The van der Waals surface area contributed by atoms with Crippen molar-refractivity contribution in [3.63, 3.8) is 0 Å². The number of aromatic nitrogens is 3. The topological polar surface area (TPSA) is 95.1 Å². The minimum absolute atomic E-state index is 0.536. The van der Waals surface area contributed by atoms with E-state index in [-0.39, 0.29) is 0 Å². The summed E-state index contributed by atoms with van der Waals surface area (Å²) in [5, 5.41) is 16.2. The predicted molar refractivity (Wildman–Crippen MR) is 132 cm³/mol. The van der Waals surface area contributed by atoms with Gasteiger partial charge in [-0.3, -0.25) is 9.89 Å². The molecule has 2 aromatic carbocycles. The Hall–Kier alpha value is -4.04. The van der Waals surface area contributed by atoms with Crippen LogP contribution in [0.4, 0.5) is 5.82 Å². The third-order valence-corrected chi connectivity index (χ3v) is 6.12. The van der Waals surface area contributed by atoms with Gasteiger partial charge in [0, 0.05) is 23.6 Å². The smallest absolute Gasteiger partial charge is 0.227 e. The van der Waals surface area contributed by atoms with Crippen molar-refractivity contribution in [2.45, 2.75) is 6.42 Å². The minimum Gasteiger partial charge on any atom is -0.372 e. The molecule has 7 nitrogen and oxygen atoms in total. The lowest BCUT2D eigenvalue weighted by atomic mass is 10.1. The Morgan fingerprint density at radius 2 is 2.06 bits per heavy atom. The summed E-state index contributed by atoms with van der Waals surface area (Å²) in [6, 6.07) is 16.0. The number of carbonyl (C=O) groups excluding carboxylic acids is 1. The zero-order valence-electron chi connectivity index (χ0n) is 17.5. The number of thiazole rings is 1.